The maximum Gasteiger partial charge on any atom is 0.226 e. The molecule has 1 aliphatic rings. The number of rotatable bonds is 5. The Bertz CT molecular complexity index is 520. The van der Waals surface area contributed by atoms with Crippen molar-refractivity contribution >= 4 is 34.4 Å². The van der Waals surface area contributed by atoms with Crippen LogP contribution in [0.4, 0.5) is 0 Å². The Hall–Kier alpha value is -1.20. The van der Waals surface area contributed by atoms with Crippen LogP contribution in [0.5, 0.6) is 5.75 Å². The van der Waals surface area contributed by atoms with Crippen molar-refractivity contribution < 1.29 is 9.53 Å². The lowest BCUT2D eigenvalue weighted by Crippen LogP contribution is -2.27. The molecule has 108 valence electrons. The molecule has 0 radical (unpaired) electrons. The van der Waals surface area contributed by atoms with E-state index in [1.807, 2.05) is 19.1 Å². The highest BCUT2D eigenvalue weighted by molar-refractivity contribution is 8.14. The van der Waals surface area contributed by atoms with Crippen LogP contribution in [0.3, 0.4) is 0 Å². The van der Waals surface area contributed by atoms with Crippen LogP contribution < -0.4 is 10.1 Å². The molecule has 0 aliphatic carbocycles. The van der Waals surface area contributed by atoms with E-state index in [-0.39, 0.29) is 5.91 Å². The van der Waals surface area contributed by atoms with Crippen LogP contribution in [0.15, 0.2) is 23.2 Å². The Morgan fingerprint density at radius 3 is 3.10 bits per heavy atom. The van der Waals surface area contributed by atoms with Gasteiger partial charge in [-0.2, -0.15) is 0 Å². The molecule has 0 aromatic heterocycles. The molecule has 0 saturated heterocycles. The normalized spacial score (nSPS) is 14.0. The van der Waals surface area contributed by atoms with E-state index in [1.165, 1.54) is 0 Å². The molecule has 2 rings (SSSR count). The number of nitrogens with one attached hydrogen (secondary N) is 1. The highest BCUT2D eigenvalue weighted by atomic mass is 35.5. The number of hydrogen-bond donors (Lipinski definition) is 1. The number of thioether (sulfide) groups is 1. The minimum absolute atomic E-state index is 0.00502. The van der Waals surface area contributed by atoms with Gasteiger partial charge >= 0.3 is 0 Å². The minimum Gasteiger partial charge on any atom is -0.493 e. The molecule has 4 nitrogen and oxygen atoms in total. The fraction of sp³-hybridized carbons (Fsp3) is 0.429. The van der Waals surface area contributed by atoms with Gasteiger partial charge < -0.3 is 10.1 Å². The highest BCUT2D eigenvalue weighted by Gasteiger charge is 2.10. The van der Waals surface area contributed by atoms with E-state index in [0.29, 0.717) is 24.5 Å². The second-order valence-corrected chi connectivity index (χ2v) is 5.97. The number of ether oxygens (including phenoxy) is 1. The molecule has 1 aliphatic heterocycles. The van der Waals surface area contributed by atoms with E-state index >= 15 is 0 Å². The quantitative estimate of drug-likeness (QED) is 0.850. The zero-order valence-electron chi connectivity index (χ0n) is 11.3. The number of nitrogens with zero attached hydrogens (tertiary/aromatic N) is 1. The van der Waals surface area contributed by atoms with E-state index in [1.54, 1.807) is 17.8 Å². The van der Waals surface area contributed by atoms with E-state index in [0.717, 1.165) is 28.8 Å². The molecule has 20 heavy (non-hydrogen) atoms. The van der Waals surface area contributed by atoms with Crippen molar-refractivity contribution in [2.75, 3.05) is 18.9 Å². The first kappa shape index (κ1) is 15.2. The number of aliphatic imine (C=N–C) groups is 1. The second-order valence-electron chi connectivity index (χ2n) is 4.45. The van der Waals surface area contributed by atoms with Crippen molar-refractivity contribution in [1.82, 2.24) is 5.32 Å². The molecule has 1 aromatic carbocycles. The fourth-order valence-corrected chi connectivity index (χ4v) is 2.75. The molecular weight excluding hydrogens is 296 g/mol. The molecule has 0 fully saturated rings. The first-order valence-electron chi connectivity index (χ1n) is 6.51. The van der Waals surface area contributed by atoms with Gasteiger partial charge in [0.15, 0.2) is 5.17 Å². The number of aryl methyl sites for hydroxylation is 1. The molecule has 0 atom stereocenters. The molecule has 1 aromatic rings. The third-order valence-electron chi connectivity index (χ3n) is 2.77. The van der Waals surface area contributed by atoms with Crippen molar-refractivity contribution in [3.63, 3.8) is 0 Å². The monoisotopic (exact) mass is 312 g/mol. The summed E-state index contributed by atoms with van der Waals surface area (Å²) >= 11 is 7.46. The number of carbonyl (C=O) groups excluding carboxylic acids is 1. The summed E-state index contributed by atoms with van der Waals surface area (Å²) in [4.78, 5) is 15.8. The van der Waals surface area contributed by atoms with E-state index in [4.69, 9.17) is 16.3 Å². The summed E-state index contributed by atoms with van der Waals surface area (Å²) < 4.78 is 5.64. The van der Waals surface area contributed by atoms with Crippen LogP contribution in [-0.2, 0) is 4.79 Å². The van der Waals surface area contributed by atoms with Crippen LogP contribution in [0, 0.1) is 6.92 Å². The highest BCUT2D eigenvalue weighted by Crippen LogP contribution is 2.21. The van der Waals surface area contributed by atoms with E-state index in [2.05, 4.69) is 10.3 Å². The first-order valence-corrected chi connectivity index (χ1v) is 7.87. The van der Waals surface area contributed by atoms with Crippen LogP contribution in [0.25, 0.3) is 0 Å². The average molecular weight is 313 g/mol. The Morgan fingerprint density at radius 2 is 2.40 bits per heavy atom. The number of carbonyl (C=O) groups is 1. The third-order valence-corrected chi connectivity index (χ3v) is 3.90. The summed E-state index contributed by atoms with van der Waals surface area (Å²) in [6.45, 7) is 3.25. The lowest BCUT2D eigenvalue weighted by molar-refractivity contribution is -0.119. The summed E-state index contributed by atoms with van der Waals surface area (Å²) in [6.07, 6.45) is 1.11. The summed E-state index contributed by atoms with van der Waals surface area (Å²) in [5.41, 5.74) is 0.999. The molecule has 0 spiro atoms. The first-order chi connectivity index (χ1) is 9.65. The molecular formula is C14H17ClN2O2S. The lowest BCUT2D eigenvalue weighted by atomic mass is 10.2. The fourth-order valence-electron chi connectivity index (χ4n) is 1.78. The largest absolute Gasteiger partial charge is 0.493 e. The maximum atomic E-state index is 11.6. The van der Waals surface area contributed by atoms with Gasteiger partial charge in [0.1, 0.15) is 5.75 Å². The molecule has 0 unspecified atom stereocenters. The van der Waals surface area contributed by atoms with Crippen molar-refractivity contribution in [2.45, 2.75) is 19.8 Å². The van der Waals surface area contributed by atoms with Crippen LogP contribution >= 0.6 is 23.4 Å². The molecule has 1 heterocycles. The Balaban J connectivity index is 1.67. The number of amidine groups is 1. The van der Waals surface area contributed by atoms with Gasteiger partial charge in [-0.15, -0.1) is 0 Å². The van der Waals surface area contributed by atoms with Crippen molar-refractivity contribution in [1.29, 1.82) is 0 Å². The molecule has 0 saturated carbocycles. The number of hydrogen-bond acceptors (Lipinski definition) is 4. The van der Waals surface area contributed by atoms with Gasteiger partial charge in [-0.1, -0.05) is 23.4 Å². The Morgan fingerprint density at radius 1 is 1.55 bits per heavy atom. The van der Waals surface area contributed by atoms with Gasteiger partial charge in [-0.3, -0.25) is 9.79 Å². The maximum absolute atomic E-state index is 11.6. The number of halogens is 1. The lowest BCUT2D eigenvalue weighted by Gasteiger charge is -2.09. The zero-order valence-corrected chi connectivity index (χ0v) is 12.9. The zero-order chi connectivity index (χ0) is 14.4. The second kappa shape index (κ2) is 7.55. The van der Waals surface area contributed by atoms with Gasteiger partial charge in [0.25, 0.3) is 0 Å². The molecule has 6 heteroatoms. The van der Waals surface area contributed by atoms with Crippen LogP contribution in [0.2, 0.25) is 5.02 Å². The third kappa shape index (κ3) is 4.72. The minimum atomic E-state index is -0.00502. The van der Waals surface area contributed by atoms with Gasteiger partial charge in [-0.25, -0.2) is 0 Å². The standard InChI is InChI=1S/C14H17ClN2O2S/c1-10-9-11(15)4-5-12(10)19-7-2-3-13(18)17-14-16-6-8-20-14/h4-5,9H,2-3,6-8H2,1H3,(H,16,17,18). The van der Waals surface area contributed by atoms with Crippen LogP contribution in [-0.4, -0.2) is 30.0 Å². The summed E-state index contributed by atoms with van der Waals surface area (Å²) in [7, 11) is 0. The average Bonchev–Trinajstić information content (AvgIpc) is 2.89. The summed E-state index contributed by atoms with van der Waals surface area (Å²) in [6, 6.07) is 5.51. The molecule has 0 bridgehead atoms. The number of amides is 1. The number of benzene rings is 1. The Labute approximate surface area is 127 Å². The van der Waals surface area contributed by atoms with Gasteiger partial charge in [0, 0.05) is 17.2 Å². The van der Waals surface area contributed by atoms with E-state index < -0.39 is 0 Å². The SMILES string of the molecule is Cc1cc(Cl)ccc1OCCCC(=O)NC1=NCCS1. The molecule has 1 amide bonds. The summed E-state index contributed by atoms with van der Waals surface area (Å²) in [5, 5.41) is 4.24. The summed E-state index contributed by atoms with van der Waals surface area (Å²) in [5.74, 6) is 1.76. The van der Waals surface area contributed by atoms with Gasteiger partial charge in [0.05, 0.1) is 13.2 Å². The van der Waals surface area contributed by atoms with Crippen molar-refractivity contribution in [3.05, 3.63) is 28.8 Å². The van der Waals surface area contributed by atoms with Crippen LogP contribution in [0.1, 0.15) is 18.4 Å². The molecule has 1 N–H and O–H groups in total. The van der Waals surface area contributed by atoms with Gasteiger partial charge in [-0.05, 0) is 37.1 Å². The van der Waals surface area contributed by atoms with E-state index in [9.17, 15) is 4.79 Å². The smallest absolute Gasteiger partial charge is 0.226 e. The van der Waals surface area contributed by atoms with Crippen molar-refractivity contribution in [3.8, 4) is 5.75 Å². The topological polar surface area (TPSA) is 50.7 Å². The van der Waals surface area contributed by atoms with Gasteiger partial charge in [0.2, 0.25) is 5.91 Å². The predicted molar refractivity (Wildman–Crippen MR) is 83.8 cm³/mol. The van der Waals surface area contributed by atoms with Crippen molar-refractivity contribution in [2.24, 2.45) is 4.99 Å². The Kier molecular flexibility index (Phi) is 5.73. The predicted octanol–water partition coefficient (Wildman–Crippen LogP) is 3.03.